The number of guanidine groups is 1. The van der Waals surface area contributed by atoms with Crippen LogP contribution < -0.4 is 10.6 Å². The van der Waals surface area contributed by atoms with E-state index in [1.165, 1.54) is 15.6 Å². The smallest absolute Gasteiger partial charge is 0.191 e. The number of nitrogens with one attached hydrogen (secondary N) is 2. The van der Waals surface area contributed by atoms with Crippen LogP contribution in [0.15, 0.2) is 4.99 Å². The first-order valence-electron chi connectivity index (χ1n) is 7.36. The Balaban J connectivity index is 2.38. The molecule has 1 heterocycles. The lowest BCUT2D eigenvalue weighted by atomic mass is 10.2. The molecular formula is C15H28N4S2. The number of hydrogen-bond donors (Lipinski definition) is 2. The summed E-state index contributed by atoms with van der Waals surface area (Å²) in [5.41, 5.74) is 1.24. The van der Waals surface area contributed by atoms with Gasteiger partial charge in [0.15, 0.2) is 5.96 Å². The SMILES string of the molecule is CCc1nc(CCNC(=NC)NCC(C)(C)SC)sc1C. The predicted octanol–water partition coefficient (Wildman–Crippen LogP) is 2.86. The lowest BCUT2D eigenvalue weighted by molar-refractivity contribution is 0.664. The third-order valence-electron chi connectivity index (χ3n) is 3.36. The molecule has 0 atom stereocenters. The van der Waals surface area contributed by atoms with Crippen molar-refractivity contribution in [3.8, 4) is 0 Å². The summed E-state index contributed by atoms with van der Waals surface area (Å²) in [6.45, 7) is 10.5. The maximum absolute atomic E-state index is 4.66. The Labute approximate surface area is 137 Å². The van der Waals surface area contributed by atoms with Crippen molar-refractivity contribution < 1.29 is 0 Å². The van der Waals surface area contributed by atoms with E-state index in [1.54, 1.807) is 11.3 Å². The predicted molar refractivity (Wildman–Crippen MR) is 96.9 cm³/mol. The molecule has 1 aromatic rings. The summed E-state index contributed by atoms with van der Waals surface area (Å²) >= 11 is 3.66. The molecule has 1 aromatic heterocycles. The van der Waals surface area contributed by atoms with E-state index in [0.29, 0.717) is 0 Å². The fraction of sp³-hybridized carbons (Fsp3) is 0.733. The second-order valence-corrected chi connectivity index (χ2v) is 8.33. The van der Waals surface area contributed by atoms with Crippen LogP contribution in [0.3, 0.4) is 0 Å². The summed E-state index contributed by atoms with van der Waals surface area (Å²) in [5, 5.41) is 7.94. The molecule has 120 valence electrons. The molecule has 0 aromatic carbocycles. The molecular weight excluding hydrogens is 300 g/mol. The van der Waals surface area contributed by atoms with Gasteiger partial charge in [-0.2, -0.15) is 11.8 Å². The van der Waals surface area contributed by atoms with Crippen LogP contribution in [-0.2, 0) is 12.8 Å². The van der Waals surface area contributed by atoms with Gasteiger partial charge in [0.1, 0.15) is 0 Å². The van der Waals surface area contributed by atoms with Crippen molar-refractivity contribution in [1.29, 1.82) is 0 Å². The zero-order valence-corrected chi connectivity index (χ0v) is 15.7. The van der Waals surface area contributed by atoms with Gasteiger partial charge >= 0.3 is 0 Å². The van der Waals surface area contributed by atoms with Crippen LogP contribution in [0.25, 0.3) is 0 Å². The Morgan fingerprint density at radius 2 is 2.10 bits per heavy atom. The maximum Gasteiger partial charge on any atom is 0.191 e. The van der Waals surface area contributed by atoms with Gasteiger partial charge in [-0.25, -0.2) is 4.98 Å². The number of thioether (sulfide) groups is 1. The quantitative estimate of drug-likeness (QED) is 0.597. The number of nitrogens with zero attached hydrogens (tertiary/aromatic N) is 2. The van der Waals surface area contributed by atoms with E-state index < -0.39 is 0 Å². The third-order valence-corrected chi connectivity index (χ3v) is 5.68. The minimum atomic E-state index is 0.208. The fourth-order valence-corrected chi connectivity index (χ4v) is 3.04. The summed E-state index contributed by atoms with van der Waals surface area (Å²) in [6.07, 6.45) is 4.09. The number of aryl methyl sites for hydroxylation is 2. The molecule has 0 unspecified atom stereocenters. The van der Waals surface area contributed by atoms with Crippen molar-refractivity contribution in [2.75, 3.05) is 26.4 Å². The Morgan fingerprint density at radius 3 is 2.62 bits per heavy atom. The zero-order chi connectivity index (χ0) is 15.9. The number of aliphatic imine (C=N–C) groups is 1. The van der Waals surface area contributed by atoms with Gasteiger partial charge in [0.2, 0.25) is 0 Å². The van der Waals surface area contributed by atoms with E-state index in [2.05, 4.69) is 54.6 Å². The number of hydrogen-bond acceptors (Lipinski definition) is 4. The second kappa shape index (κ2) is 8.63. The van der Waals surface area contributed by atoms with Crippen molar-refractivity contribution >= 4 is 29.1 Å². The van der Waals surface area contributed by atoms with E-state index in [4.69, 9.17) is 0 Å². The molecule has 0 aliphatic carbocycles. The highest BCUT2D eigenvalue weighted by atomic mass is 32.2. The van der Waals surface area contributed by atoms with E-state index >= 15 is 0 Å². The Hall–Kier alpha value is -0.750. The summed E-state index contributed by atoms with van der Waals surface area (Å²) < 4.78 is 0.208. The number of thiazole rings is 1. The van der Waals surface area contributed by atoms with Crippen molar-refractivity contribution in [1.82, 2.24) is 15.6 Å². The Kier molecular flexibility index (Phi) is 7.52. The zero-order valence-electron chi connectivity index (χ0n) is 14.0. The number of aromatic nitrogens is 1. The van der Waals surface area contributed by atoms with Crippen LogP contribution in [0, 0.1) is 6.92 Å². The lowest BCUT2D eigenvalue weighted by Crippen LogP contribution is -2.43. The minimum Gasteiger partial charge on any atom is -0.356 e. The standard InChI is InChI=1S/C15H28N4S2/c1-7-12-11(2)21-13(19-12)8-9-17-14(16-5)18-10-15(3,4)20-6/h7-10H2,1-6H3,(H2,16,17,18). The van der Waals surface area contributed by atoms with Crippen molar-refractivity contribution in [3.05, 3.63) is 15.6 Å². The molecule has 0 saturated heterocycles. The van der Waals surface area contributed by atoms with E-state index in [-0.39, 0.29) is 4.75 Å². The molecule has 0 radical (unpaired) electrons. The highest BCUT2D eigenvalue weighted by Gasteiger charge is 2.16. The van der Waals surface area contributed by atoms with Crippen LogP contribution >= 0.6 is 23.1 Å². The fourth-order valence-electron chi connectivity index (χ4n) is 1.80. The highest BCUT2D eigenvalue weighted by molar-refractivity contribution is 7.99. The van der Waals surface area contributed by atoms with Crippen LogP contribution in [0.2, 0.25) is 0 Å². The van der Waals surface area contributed by atoms with Gasteiger partial charge in [0, 0.05) is 36.2 Å². The molecule has 0 aliphatic rings. The molecule has 0 amide bonds. The molecule has 2 N–H and O–H groups in total. The molecule has 0 aliphatic heterocycles. The molecule has 0 saturated carbocycles. The second-order valence-electron chi connectivity index (χ2n) is 5.53. The summed E-state index contributed by atoms with van der Waals surface area (Å²) in [7, 11) is 1.81. The van der Waals surface area contributed by atoms with E-state index in [1.807, 2.05) is 18.8 Å². The van der Waals surface area contributed by atoms with Crippen LogP contribution in [-0.4, -0.2) is 42.1 Å². The van der Waals surface area contributed by atoms with Crippen molar-refractivity contribution in [2.24, 2.45) is 4.99 Å². The molecule has 0 bridgehead atoms. The van der Waals surface area contributed by atoms with Crippen LogP contribution in [0.1, 0.15) is 36.3 Å². The topological polar surface area (TPSA) is 49.3 Å². The Bertz CT molecular complexity index is 466. The van der Waals surface area contributed by atoms with Gasteiger partial charge in [0.25, 0.3) is 0 Å². The first kappa shape index (κ1) is 18.3. The van der Waals surface area contributed by atoms with E-state index in [9.17, 15) is 0 Å². The molecule has 0 fully saturated rings. The minimum absolute atomic E-state index is 0.208. The lowest BCUT2D eigenvalue weighted by Gasteiger charge is -2.23. The van der Waals surface area contributed by atoms with Gasteiger partial charge in [0.05, 0.1) is 10.7 Å². The van der Waals surface area contributed by atoms with Gasteiger partial charge < -0.3 is 10.6 Å². The molecule has 1 rings (SSSR count). The summed E-state index contributed by atoms with van der Waals surface area (Å²) in [4.78, 5) is 10.3. The molecule has 4 nitrogen and oxygen atoms in total. The molecule has 6 heteroatoms. The molecule has 21 heavy (non-hydrogen) atoms. The van der Waals surface area contributed by atoms with E-state index in [0.717, 1.165) is 31.9 Å². The summed E-state index contributed by atoms with van der Waals surface area (Å²) in [6, 6.07) is 0. The monoisotopic (exact) mass is 328 g/mol. The van der Waals surface area contributed by atoms with Crippen LogP contribution in [0.5, 0.6) is 0 Å². The highest BCUT2D eigenvalue weighted by Crippen LogP contribution is 2.19. The largest absolute Gasteiger partial charge is 0.356 e. The van der Waals surface area contributed by atoms with Crippen molar-refractivity contribution in [3.63, 3.8) is 0 Å². The first-order chi connectivity index (χ1) is 9.91. The van der Waals surface area contributed by atoms with Gasteiger partial charge in [-0.05, 0) is 33.4 Å². The number of rotatable bonds is 7. The van der Waals surface area contributed by atoms with Crippen LogP contribution in [0.4, 0.5) is 0 Å². The average Bonchev–Trinajstić information content (AvgIpc) is 2.82. The Morgan fingerprint density at radius 1 is 1.38 bits per heavy atom. The van der Waals surface area contributed by atoms with Crippen molar-refractivity contribution in [2.45, 2.75) is 45.3 Å². The maximum atomic E-state index is 4.66. The van der Waals surface area contributed by atoms with Gasteiger partial charge in [-0.15, -0.1) is 11.3 Å². The first-order valence-corrected chi connectivity index (χ1v) is 9.40. The third kappa shape index (κ3) is 6.26. The summed E-state index contributed by atoms with van der Waals surface area (Å²) in [5.74, 6) is 0.862. The molecule has 0 spiro atoms. The van der Waals surface area contributed by atoms with Gasteiger partial charge in [-0.1, -0.05) is 6.92 Å². The van der Waals surface area contributed by atoms with Gasteiger partial charge in [-0.3, -0.25) is 4.99 Å². The normalized spacial score (nSPS) is 12.6. The average molecular weight is 329 g/mol.